The van der Waals surface area contributed by atoms with Crippen LogP contribution in [0.15, 0.2) is 42.6 Å². The van der Waals surface area contributed by atoms with Crippen molar-refractivity contribution in [3.8, 4) is 22.6 Å². The Morgan fingerprint density at radius 1 is 1.06 bits per heavy atom. The number of rotatable bonds is 8. The first kappa shape index (κ1) is 24.3. The van der Waals surface area contributed by atoms with Gasteiger partial charge in [0, 0.05) is 23.3 Å². The molecule has 1 aliphatic rings. The average molecular weight is 477 g/mol. The van der Waals surface area contributed by atoms with Crippen molar-refractivity contribution in [1.29, 1.82) is 0 Å². The monoisotopic (exact) mass is 476 g/mol. The first-order valence-corrected chi connectivity index (χ1v) is 11.7. The minimum Gasteiger partial charge on any atom is -0.493 e. The molecular weight excluding hydrogens is 444 g/mol. The van der Waals surface area contributed by atoms with Crippen molar-refractivity contribution in [2.75, 3.05) is 24.9 Å². The second-order valence-corrected chi connectivity index (χ2v) is 8.71. The Labute approximate surface area is 205 Å². The molecule has 0 spiro atoms. The molecule has 0 aliphatic heterocycles. The minimum absolute atomic E-state index is 0.0874. The molecule has 9 nitrogen and oxygen atoms in total. The van der Waals surface area contributed by atoms with Crippen LogP contribution >= 0.6 is 0 Å². The maximum absolute atomic E-state index is 12.0. The van der Waals surface area contributed by atoms with Gasteiger partial charge < -0.3 is 31.6 Å². The van der Waals surface area contributed by atoms with Crippen molar-refractivity contribution in [3.05, 3.63) is 54.0 Å². The smallest absolute Gasteiger partial charge is 0.269 e. The fourth-order valence-corrected chi connectivity index (χ4v) is 4.47. The van der Waals surface area contributed by atoms with E-state index in [1.807, 2.05) is 43.3 Å². The fourth-order valence-electron chi connectivity index (χ4n) is 4.47. The van der Waals surface area contributed by atoms with Gasteiger partial charge in [0.25, 0.3) is 5.91 Å². The molecule has 0 unspecified atom stereocenters. The van der Waals surface area contributed by atoms with Gasteiger partial charge in [-0.15, -0.1) is 0 Å². The van der Waals surface area contributed by atoms with Crippen LogP contribution in [-0.4, -0.2) is 42.2 Å². The molecule has 1 aliphatic carbocycles. The van der Waals surface area contributed by atoms with Crippen molar-refractivity contribution in [3.63, 3.8) is 0 Å². The molecule has 6 N–H and O–H groups in total. The van der Waals surface area contributed by atoms with E-state index in [0.717, 1.165) is 48.2 Å². The Kier molecular flexibility index (Phi) is 7.36. The Morgan fingerprint density at radius 3 is 2.51 bits per heavy atom. The molecule has 1 fully saturated rings. The van der Waals surface area contributed by atoms with Crippen LogP contribution in [0, 0.1) is 6.92 Å². The lowest BCUT2D eigenvalue weighted by atomic mass is 9.91. The van der Waals surface area contributed by atoms with Gasteiger partial charge in [0.15, 0.2) is 17.2 Å². The van der Waals surface area contributed by atoms with Crippen LogP contribution < -0.4 is 31.6 Å². The molecule has 1 amide bonds. The number of hydrogen-bond acceptors (Lipinski definition) is 8. The number of primary amides is 1. The number of carbonyl (C=O) groups is 1. The molecule has 0 bridgehead atoms. The summed E-state index contributed by atoms with van der Waals surface area (Å²) in [7, 11) is 3.21. The summed E-state index contributed by atoms with van der Waals surface area (Å²) in [6.45, 7) is 1.92. The molecule has 3 aromatic rings. The number of hydrogen-bond donors (Lipinski definition) is 4. The maximum Gasteiger partial charge on any atom is 0.269 e. The lowest BCUT2D eigenvalue weighted by molar-refractivity contribution is 0.0996. The van der Waals surface area contributed by atoms with E-state index < -0.39 is 5.91 Å². The number of ether oxygens (including phenoxy) is 2. The van der Waals surface area contributed by atoms with Crippen molar-refractivity contribution in [2.24, 2.45) is 11.5 Å². The largest absolute Gasteiger partial charge is 0.493 e. The lowest BCUT2D eigenvalue weighted by Crippen LogP contribution is -2.42. The van der Waals surface area contributed by atoms with E-state index in [1.54, 1.807) is 20.4 Å². The van der Waals surface area contributed by atoms with Gasteiger partial charge >= 0.3 is 0 Å². The van der Waals surface area contributed by atoms with Crippen molar-refractivity contribution in [1.82, 2.24) is 9.97 Å². The summed E-state index contributed by atoms with van der Waals surface area (Å²) >= 11 is 0. The number of nitrogens with zero attached hydrogens (tertiary/aromatic N) is 2. The van der Waals surface area contributed by atoms with Gasteiger partial charge in [0.05, 0.1) is 31.8 Å². The first-order chi connectivity index (χ1) is 16.9. The number of anilines is 3. The summed E-state index contributed by atoms with van der Waals surface area (Å²) < 4.78 is 10.8. The van der Waals surface area contributed by atoms with Gasteiger partial charge in [-0.25, -0.2) is 9.97 Å². The van der Waals surface area contributed by atoms with Crippen LogP contribution in [0.3, 0.4) is 0 Å². The number of aryl methyl sites for hydroxylation is 1. The van der Waals surface area contributed by atoms with Crippen LogP contribution in [0.4, 0.5) is 17.2 Å². The third-order valence-electron chi connectivity index (χ3n) is 6.34. The molecule has 0 saturated heterocycles. The predicted molar refractivity (Wildman–Crippen MR) is 137 cm³/mol. The van der Waals surface area contributed by atoms with Crippen LogP contribution in [0.1, 0.15) is 41.9 Å². The van der Waals surface area contributed by atoms with E-state index in [9.17, 15) is 4.79 Å². The zero-order valence-corrected chi connectivity index (χ0v) is 20.3. The predicted octanol–water partition coefficient (Wildman–Crippen LogP) is 3.99. The minimum atomic E-state index is -0.618. The number of aromatic nitrogens is 2. The number of benzene rings is 1. The SMILES string of the molecule is COc1ccc(-c2ccc(Nc3cc(N[C@@H]4CCCC[C@@H]4N)cnc3C(N)=O)nc2C)cc1OC. The molecule has 2 atom stereocenters. The van der Waals surface area contributed by atoms with E-state index in [1.165, 1.54) is 0 Å². The Bertz CT molecular complexity index is 1220. The highest BCUT2D eigenvalue weighted by Gasteiger charge is 2.22. The van der Waals surface area contributed by atoms with Crippen molar-refractivity contribution < 1.29 is 14.3 Å². The maximum atomic E-state index is 12.0. The number of pyridine rings is 2. The highest BCUT2D eigenvalue weighted by Crippen LogP contribution is 2.34. The van der Waals surface area contributed by atoms with Gasteiger partial charge in [-0.1, -0.05) is 18.9 Å². The summed E-state index contributed by atoms with van der Waals surface area (Å²) in [5.74, 6) is 1.26. The normalized spacial score (nSPS) is 17.5. The molecule has 2 heterocycles. The molecule has 35 heavy (non-hydrogen) atoms. The van der Waals surface area contributed by atoms with Gasteiger partial charge in [-0.05, 0) is 55.7 Å². The van der Waals surface area contributed by atoms with Crippen molar-refractivity contribution >= 4 is 23.1 Å². The van der Waals surface area contributed by atoms with Crippen molar-refractivity contribution in [2.45, 2.75) is 44.7 Å². The number of methoxy groups -OCH3 is 2. The highest BCUT2D eigenvalue weighted by atomic mass is 16.5. The third kappa shape index (κ3) is 5.46. The third-order valence-corrected chi connectivity index (χ3v) is 6.34. The molecule has 0 radical (unpaired) electrons. The molecule has 4 rings (SSSR count). The number of nitrogens with one attached hydrogen (secondary N) is 2. The average Bonchev–Trinajstić information content (AvgIpc) is 2.85. The number of carbonyl (C=O) groups excluding carboxylic acids is 1. The first-order valence-electron chi connectivity index (χ1n) is 11.7. The molecule has 9 heteroatoms. The summed E-state index contributed by atoms with van der Waals surface area (Å²) in [5, 5.41) is 6.68. The van der Waals surface area contributed by atoms with Crippen LogP contribution in [0.5, 0.6) is 11.5 Å². The van der Waals surface area contributed by atoms with Crippen LogP contribution in [-0.2, 0) is 0 Å². The van der Waals surface area contributed by atoms with E-state index in [2.05, 4.69) is 15.6 Å². The van der Waals surface area contributed by atoms with Crippen LogP contribution in [0.2, 0.25) is 0 Å². The summed E-state index contributed by atoms with van der Waals surface area (Å²) in [6.07, 6.45) is 5.89. The van der Waals surface area contributed by atoms with Gasteiger partial charge in [0.2, 0.25) is 0 Å². The molecule has 2 aromatic heterocycles. The summed E-state index contributed by atoms with van der Waals surface area (Å²) in [4.78, 5) is 21.0. The van der Waals surface area contributed by atoms with Crippen LogP contribution in [0.25, 0.3) is 11.1 Å². The standard InChI is InChI=1S/C26H32N6O3/c1-15-18(16-8-10-22(34-2)23(12-16)35-3)9-11-24(30-15)32-21-13-17(14-29-25(21)26(28)33)31-20-7-5-4-6-19(20)27/h8-14,19-20,31H,4-7,27H2,1-3H3,(H2,28,33)(H,30,32)/t19-,20+/m0/s1. The lowest BCUT2D eigenvalue weighted by Gasteiger charge is -2.30. The summed E-state index contributed by atoms with van der Waals surface area (Å²) in [6, 6.07) is 11.6. The molecule has 184 valence electrons. The van der Waals surface area contributed by atoms with E-state index in [4.69, 9.17) is 25.9 Å². The Balaban J connectivity index is 1.59. The van der Waals surface area contributed by atoms with Gasteiger partial charge in [0.1, 0.15) is 5.82 Å². The number of nitrogens with two attached hydrogens (primary N) is 2. The molecule has 1 aromatic carbocycles. The highest BCUT2D eigenvalue weighted by molar-refractivity contribution is 5.97. The van der Waals surface area contributed by atoms with E-state index >= 15 is 0 Å². The second-order valence-electron chi connectivity index (χ2n) is 8.71. The zero-order valence-electron chi connectivity index (χ0n) is 20.3. The molecular formula is C26H32N6O3. The zero-order chi connectivity index (χ0) is 24.9. The topological polar surface area (TPSA) is 137 Å². The quantitative estimate of drug-likeness (QED) is 0.383. The second kappa shape index (κ2) is 10.6. The van der Waals surface area contributed by atoms with Gasteiger partial charge in [-0.3, -0.25) is 4.79 Å². The van der Waals surface area contributed by atoms with Gasteiger partial charge in [-0.2, -0.15) is 0 Å². The molecule has 1 saturated carbocycles. The Hall–Kier alpha value is -3.85. The Morgan fingerprint density at radius 2 is 1.83 bits per heavy atom. The number of amides is 1. The summed E-state index contributed by atoms with van der Waals surface area (Å²) in [5.41, 5.74) is 16.0. The van der Waals surface area contributed by atoms with E-state index in [-0.39, 0.29) is 17.8 Å². The van der Waals surface area contributed by atoms with E-state index in [0.29, 0.717) is 23.0 Å². The fraction of sp³-hybridized carbons (Fsp3) is 0.346.